The smallest absolute Gasteiger partial charge is 0.383 e. The van der Waals surface area contributed by atoms with E-state index in [0.29, 0.717) is 36.7 Å². The predicted octanol–water partition coefficient (Wildman–Crippen LogP) is 3.32. The topological polar surface area (TPSA) is 94.2 Å². The van der Waals surface area contributed by atoms with Gasteiger partial charge in [-0.1, -0.05) is 6.07 Å². The van der Waals surface area contributed by atoms with Crippen LogP contribution in [0.1, 0.15) is 39.8 Å². The molecule has 3 aromatic heterocycles. The first-order valence-electron chi connectivity index (χ1n) is 9.24. The van der Waals surface area contributed by atoms with Gasteiger partial charge in [0.15, 0.2) is 0 Å². The van der Waals surface area contributed by atoms with Crippen molar-refractivity contribution < 1.29 is 22.7 Å². The van der Waals surface area contributed by atoms with Crippen LogP contribution in [0.4, 0.5) is 19.0 Å². The molecule has 0 spiro atoms. The average Bonchev–Trinajstić information content (AvgIpc) is 3.22. The number of carbonyl (C=O) groups is 1. The van der Waals surface area contributed by atoms with Crippen LogP contribution in [-0.2, 0) is 30.7 Å². The number of pyridine rings is 3. The molecule has 1 aliphatic rings. The van der Waals surface area contributed by atoms with Crippen molar-refractivity contribution >= 4 is 22.6 Å². The molecule has 0 fully saturated rings. The third-order valence-corrected chi connectivity index (χ3v) is 4.99. The summed E-state index contributed by atoms with van der Waals surface area (Å²) in [6.07, 6.45) is -1.89. The standard InChI is InChI=1S/C20H18F3N5O2/c1-2-28(8-11-3-4-17(26-6-11)20(21,22)23)19(29)15-5-12-13-9-30-10-14(13)18(24)27-16(12)7-25-15/h3-7H,2,8-10H2,1H3,(H2,24,27). The molecule has 0 aromatic carbocycles. The molecule has 10 heteroatoms. The summed E-state index contributed by atoms with van der Waals surface area (Å²) in [5.74, 6) is 0.0460. The van der Waals surface area contributed by atoms with Gasteiger partial charge in [0.2, 0.25) is 0 Å². The Labute approximate surface area is 169 Å². The number of fused-ring (bicyclic) bond motifs is 3. The van der Waals surface area contributed by atoms with Crippen LogP contribution in [0.2, 0.25) is 0 Å². The Morgan fingerprint density at radius 1 is 1.20 bits per heavy atom. The molecule has 156 valence electrons. The van der Waals surface area contributed by atoms with Crippen LogP contribution in [-0.4, -0.2) is 32.3 Å². The number of amides is 1. The molecule has 0 aliphatic carbocycles. The third kappa shape index (κ3) is 3.65. The molecule has 1 aliphatic heterocycles. The van der Waals surface area contributed by atoms with Gasteiger partial charge in [0, 0.05) is 30.2 Å². The molecule has 0 saturated carbocycles. The lowest BCUT2D eigenvalue weighted by atomic mass is 10.1. The van der Waals surface area contributed by atoms with E-state index < -0.39 is 11.9 Å². The van der Waals surface area contributed by atoms with Gasteiger partial charge < -0.3 is 15.4 Å². The monoisotopic (exact) mass is 417 g/mol. The lowest BCUT2D eigenvalue weighted by Crippen LogP contribution is -2.31. The molecule has 2 N–H and O–H groups in total. The van der Waals surface area contributed by atoms with E-state index in [-0.39, 0.29) is 18.1 Å². The zero-order chi connectivity index (χ0) is 21.5. The second kappa shape index (κ2) is 7.52. The minimum absolute atomic E-state index is 0.112. The van der Waals surface area contributed by atoms with Crippen molar-refractivity contribution in [3.63, 3.8) is 0 Å². The zero-order valence-corrected chi connectivity index (χ0v) is 16.0. The summed E-state index contributed by atoms with van der Waals surface area (Å²) in [5, 5.41) is 0.752. The van der Waals surface area contributed by atoms with Gasteiger partial charge in [-0.05, 0) is 30.2 Å². The fourth-order valence-corrected chi connectivity index (χ4v) is 3.39. The summed E-state index contributed by atoms with van der Waals surface area (Å²) in [6, 6.07) is 3.88. The van der Waals surface area contributed by atoms with E-state index in [1.54, 1.807) is 13.0 Å². The van der Waals surface area contributed by atoms with E-state index in [1.165, 1.54) is 17.2 Å². The average molecular weight is 417 g/mol. The third-order valence-electron chi connectivity index (χ3n) is 4.99. The van der Waals surface area contributed by atoms with E-state index in [4.69, 9.17) is 10.5 Å². The zero-order valence-electron chi connectivity index (χ0n) is 16.0. The number of carbonyl (C=O) groups excluding carboxylic acids is 1. The summed E-state index contributed by atoms with van der Waals surface area (Å²) in [4.78, 5) is 26.5. The molecular weight excluding hydrogens is 399 g/mol. The summed E-state index contributed by atoms with van der Waals surface area (Å²) in [6.45, 7) is 3.00. The molecule has 7 nitrogen and oxygen atoms in total. The Morgan fingerprint density at radius 3 is 2.63 bits per heavy atom. The summed E-state index contributed by atoms with van der Waals surface area (Å²) < 4.78 is 43.5. The van der Waals surface area contributed by atoms with Gasteiger partial charge in [-0.25, -0.2) is 9.97 Å². The van der Waals surface area contributed by atoms with Crippen molar-refractivity contribution in [2.24, 2.45) is 0 Å². The van der Waals surface area contributed by atoms with Gasteiger partial charge in [0.05, 0.1) is 24.9 Å². The first-order valence-corrected chi connectivity index (χ1v) is 9.24. The summed E-state index contributed by atoms with van der Waals surface area (Å²) >= 11 is 0. The second-order valence-corrected chi connectivity index (χ2v) is 6.90. The van der Waals surface area contributed by atoms with Crippen LogP contribution < -0.4 is 5.73 Å². The fraction of sp³-hybridized carbons (Fsp3) is 0.300. The Balaban J connectivity index is 1.61. The number of rotatable bonds is 4. The highest BCUT2D eigenvalue weighted by molar-refractivity contribution is 5.97. The number of nitrogens with two attached hydrogens (primary N) is 1. The number of anilines is 1. The maximum absolute atomic E-state index is 13.0. The van der Waals surface area contributed by atoms with E-state index >= 15 is 0 Å². The van der Waals surface area contributed by atoms with E-state index in [2.05, 4.69) is 15.0 Å². The summed E-state index contributed by atoms with van der Waals surface area (Å²) in [5.41, 5.74) is 7.97. The molecule has 4 rings (SSSR count). The van der Waals surface area contributed by atoms with Crippen molar-refractivity contribution in [2.45, 2.75) is 32.9 Å². The van der Waals surface area contributed by atoms with Crippen LogP contribution in [0.3, 0.4) is 0 Å². The largest absolute Gasteiger partial charge is 0.433 e. The minimum Gasteiger partial charge on any atom is -0.383 e. The number of halogens is 3. The van der Waals surface area contributed by atoms with Crippen LogP contribution in [0.5, 0.6) is 0 Å². The fourth-order valence-electron chi connectivity index (χ4n) is 3.39. The van der Waals surface area contributed by atoms with Gasteiger partial charge in [-0.15, -0.1) is 0 Å². The van der Waals surface area contributed by atoms with Crippen molar-refractivity contribution in [3.05, 3.63) is 58.7 Å². The highest BCUT2D eigenvalue weighted by Gasteiger charge is 2.32. The molecule has 0 bridgehead atoms. The number of nitrogen functional groups attached to an aromatic ring is 1. The Bertz CT molecular complexity index is 1120. The highest BCUT2D eigenvalue weighted by atomic mass is 19.4. The van der Waals surface area contributed by atoms with E-state index in [0.717, 1.165) is 28.8 Å². The molecule has 3 aromatic rings. The Hall–Kier alpha value is -3.27. The van der Waals surface area contributed by atoms with Gasteiger partial charge in [0.25, 0.3) is 5.91 Å². The van der Waals surface area contributed by atoms with Crippen LogP contribution >= 0.6 is 0 Å². The van der Waals surface area contributed by atoms with Crippen molar-refractivity contribution in [2.75, 3.05) is 12.3 Å². The lowest BCUT2D eigenvalue weighted by Gasteiger charge is -2.21. The van der Waals surface area contributed by atoms with Crippen LogP contribution in [0, 0.1) is 0 Å². The number of ether oxygens (including phenoxy) is 1. The molecule has 0 radical (unpaired) electrons. The molecule has 4 heterocycles. The van der Waals surface area contributed by atoms with E-state index in [1.807, 2.05) is 0 Å². The number of nitrogens with zero attached hydrogens (tertiary/aromatic N) is 4. The number of aromatic nitrogens is 3. The first kappa shape index (κ1) is 20.0. The molecule has 1 amide bonds. The predicted molar refractivity (Wildman–Crippen MR) is 102 cm³/mol. The maximum Gasteiger partial charge on any atom is 0.433 e. The quantitative estimate of drug-likeness (QED) is 0.700. The molecule has 0 atom stereocenters. The minimum atomic E-state index is -4.50. The normalized spacial score (nSPS) is 13.5. The summed E-state index contributed by atoms with van der Waals surface area (Å²) in [7, 11) is 0. The van der Waals surface area contributed by atoms with Crippen molar-refractivity contribution in [1.82, 2.24) is 19.9 Å². The van der Waals surface area contributed by atoms with Crippen molar-refractivity contribution in [1.29, 1.82) is 0 Å². The van der Waals surface area contributed by atoms with Crippen molar-refractivity contribution in [3.8, 4) is 0 Å². The SMILES string of the molecule is CCN(Cc1ccc(C(F)(F)F)nc1)C(=O)c1cc2c3c(c(N)nc2cn1)COC3. The van der Waals surface area contributed by atoms with Gasteiger partial charge >= 0.3 is 6.18 Å². The van der Waals surface area contributed by atoms with E-state index in [9.17, 15) is 18.0 Å². The Morgan fingerprint density at radius 2 is 1.97 bits per heavy atom. The highest BCUT2D eigenvalue weighted by Crippen LogP contribution is 2.31. The van der Waals surface area contributed by atoms with Gasteiger partial charge in [-0.3, -0.25) is 9.78 Å². The molecule has 30 heavy (non-hydrogen) atoms. The number of alkyl halides is 3. The molecule has 0 saturated heterocycles. The van der Waals surface area contributed by atoms with Crippen LogP contribution in [0.25, 0.3) is 10.9 Å². The molecule has 0 unspecified atom stereocenters. The second-order valence-electron chi connectivity index (χ2n) is 6.90. The van der Waals surface area contributed by atoms with Gasteiger partial charge in [-0.2, -0.15) is 13.2 Å². The first-order chi connectivity index (χ1) is 14.3. The molecular formula is C20H18F3N5O2. The number of hydrogen-bond acceptors (Lipinski definition) is 6. The van der Waals surface area contributed by atoms with Gasteiger partial charge in [0.1, 0.15) is 17.2 Å². The lowest BCUT2D eigenvalue weighted by molar-refractivity contribution is -0.141. The number of hydrogen-bond donors (Lipinski definition) is 1. The van der Waals surface area contributed by atoms with Crippen LogP contribution in [0.15, 0.2) is 30.6 Å². The maximum atomic E-state index is 13.0. The Kier molecular flexibility index (Phi) is 5.02.